The molecule has 1 rings (SSSR count). The first-order valence-corrected chi connectivity index (χ1v) is 6.93. The fourth-order valence-corrected chi connectivity index (χ4v) is 1.58. The Balaban J connectivity index is 2.64. The summed E-state index contributed by atoms with van der Waals surface area (Å²) in [5.74, 6) is 3.46. The van der Waals surface area contributed by atoms with Crippen molar-refractivity contribution in [2.45, 2.75) is 52.5 Å². The number of ether oxygens (including phenoxy) is 1. The van der Waals surface area contributed by atoms with Gasteiger partial charge in [-0.25, -0.2) is 0 Å². The third-order valence-electron chi connectivity index (χ3n) is 2.93. The lowest BCUT2D eigenvalue weighted by atomic mass is 10.1. The minimum atomic E-state index is -1.89. The number of halogens is 1. The molecule has 0 saturated heterocycles. The number of benzene rings is 1. The average molecular weight is 276 g/mol. The zero-order chi connectivity index (χ0) is 15.0. The minimum absolute atomic E-state index is 0.0105. The average Bonchev–Trinajstić information content (AvgIpc) is 2.46. The van der Waals surface area contributed by atoms with Crippen molar-refractivity contribution < 1.29 is 13.9 Å². The van der Waals surface area contributed by atoms with Crippen molar-refractivity contribution in [3.05, 3.63) is 35.4 Å². The number of unbranched alkanes of at least 4 members (excludes halogenated alkanes) is 1. The molecule has 0 aromatic heterocycles. The molecule has 0 amide bonds. The fraction of sp³-hybridized carbons (Fsp3) is 0.471. The predicted molar refractivity (Wildman–Crippen MR) is 78.0 cm³/mol. The summed E-state index contributed by atoms with van der Waals surface area (Å²) in [7, 11) is 0. The third kappa shape index (κ3) is 5.14. The third-order valence-corrected chi connectivity index (χ3v) is 2.93. The molecule has 0 heterocycles. The second-order valence-electron chi connectivity index (χ2n) is 4.68. The van der Waals surface area contributed by atoms with Crippen molar-refractivity contribution in [1.82, 2.24) is 0 Å². The van der Waals surface area contributed by atoms with E-state index in [1.807, 2.05) is 6.92 Å². The van der Waals surface area contributed by atoms with E-state index in [-0.39, 0.29) is 18.8 Å². The van der Waals surface area contributed by atoms with Crippen LogP contribution in [0.25, 0.3) is 0 Å². The summed E-state index contributed by atoms with van der Waals surface area (Å²) in [6, 6.07) is 6.98. The Kier molecular flexibility index (Phi) is 6.41. The lowest BCUT2D eigenvalue weighted by Gasteiger charge is -2.18. The molecular formula is C17H21FO2. The fourth-order valence-electron chi connectivity index (χ4n) is 1.58. The summed E-state index contributed by atoms with van der Waals surface area (Å²) in [5.41, 5.74) is 1.46. The smallest absolute Gasteiger partial charge is 0.272 e. The SMILES string of the molecule is CCCC#CC(F)(CC)OCc1ccc(C(C)=O)cc1. The van der Waals surface area contributed by atoms with Crippen LogP contribution in [0.5, 0.6) is 0 Å². The molecule has 0 aliphatic heterocycles. The molecule has 0 aliphatic rings. The zero-order valence-corrected chi connectivity index (χ0v) is 12.3. The Labute approximate surface area is 120 Å². The second-order valence-corrected chi connectivity index (χ2v) is 4.68. The molecule has 0 bridgehead atoms. The maximum atomic E-state index is 14.3. The Morgan fingerprint density at radius 1 is 1.30 bits per heavy atom. The highest BCUT2D eigenvalue weighted by molar-refractivity contribution is 5.93. The molecule has 2 nitrogen and oxygen atoms in total. The molecule has 0 fully saturated rings. The van der Waals surface area contributed by atoms with Gasteiger partial charge < -0.3 is 4.74 Å². The van der Waals surface area contributed by atoms with Gasteiger partial charge in [0.15, 0.2) is 5.78 Å². The van der Waals surface area contributed by atoms with Gasteiger partial charge in [-0.15, -0.1) is 0 Å². The second kappa shape index (κ2) is 7.81. The van der Waals surface area contributed by atoms with Crippen molar-refractivity contribution in [1.29, 1.82) is 0 Å². The molecule has 0 radical (unpaired) electrons. The molecular weight excluding hydrogens is 255 g/mol. The summed E-state index contributed by atoms with van der Waals surface area (Å²) in [5, 5.41) is 0. The summed E-state index contributed by atoms with van der Waals surface area (Å²) in [6.45, 7) is 5.36. The molecule has 1 atom stereocenters. The topological polar surface area (TPSA) is 26.3 Å². The van der Waals surface area contributed by atoms with E-state index >= 15 is 0 Å². The minimum Gasteiger partial charge on any atom is -0.331 e. The maximum absolute atomic E-state index is 14.3. The Bertz CT molecular complexity index is 496. The van der Waals surface area contributed by atoms with Gasteiger partial charge in [0.2, 0.25) is 0 Å². The number of hydrogen-bond donors (Lipinski definition) is 0. The van der Waals surface area contributed by atoms with Crippen LogP contribution in [0.1, 0.15) is 56.0 Å². The van der Waals surface area contributed by atoms with Crippen molar-refractivity contribution >= 4 is 5.78 Å². The van der Waals surface area contributed by atoms with E-state index in [4.69, 9.17) is 4.74 Å². The highest BCUT2D eigenvalue weighted by Gasteiger charge is 2.25. The summed E-state index contributed by atoms with van der Waals surface area (Å²) >= 11 is 0. The molecule has 20 heavy (non-hydrogen) atoms. The standard InChI is InChI=1S/C17H21FO2/c1-4-6-7-12-17(18,5-2)20-13-15-8-10-16(11-9-15)14(3)19/h8-11H,4-6,13H2,1-3H3. The van der Waals surface area contributed by atoms with Crippen LogP contribution in [0.4, 0.5) is 4.39 Å². The Morgan fingerprint density at radius 2 is 1.95 bits per heavy atom. The molecule has 0 saturated carbocycles. The van der Waals surface area contributed by atoms with Gasteiger partial charge in [0.05, 0.1) is 6.61 Å². The molecule has 1 aromatic carbocycles. The van der Waals surface area contributed by atoms with Gasteiger partial charge in [-0.05, 0) is 24.8 Å². The number of rotatable bonds is 6. The van der Waals surface area contributed by atoms with E-state index in [1.54, 1.807) is 31.2 Å². The van der Waals surface area contributed by atoms with E-state index < -0.39 is 5.85 Å². The van der Waals surface area contributed by atoms with E-state index in [0.717, 1.165) is 12.0 Å². The normalized spacial score (nSPS) is 13.2. The van der Waals surface area contributed by atoms with E-state index in [2.05, 4.69) is 11.8 Å². The van der Waals surface area contributed by atoms with Gasteiger partial charge in [-0.1, -0.05) is 44.0 Å². The quantitative estimate of drug-likeness (QED) is 0.572. The van der Waals surface area contributed by atoms with Crippen molar-refractivity contribution in [3.8, 4) is 11.8 Å². The number of hydrogen-bond acceptors (Lipinski definition) is 2. The van der Waals surface area contributed by atoms with E-state index in [9.17, 15) is 9.18 Å². The molecule has 1 aromatic rings. The molecule has 108 valence electrons. The number of ketones is 1. The van der Waals surface area contributed by atoms with Crippen LogP contribution in [-0.2, 0) is 11.3 Å². The highest BCUT2D eigenvalue weighted by atomic mass is 19.2. The first-order chi connectivity index (χ1) is 9.50. The van der Waals surface area contributed by atoms with Crippen LogP contribution in [-0.4, -0.2) is 11.6 Å². The molecule has 1 unspecified atom stereocenters. The summed E-state index contributed by atoms with van der Waals surface area (Å²) < 4.78 is 19.6. The van der Waals surface area contributed by atoms with E-state index in [0.29, 0.717) is 12.0 Å². The van der Waals surface area contributed by atoms with Crippen LogP contribution in [0, 0.1) is 11.8 Å². The molecule has 0 aliphatic carbocycles. The number of alkyl halides is 1. The summed E-state index contributed by atoms with van der Waals surface area (Å²) in [6.07, 6.45) is 1.76. The van der Waals surface area contributed by atoms with Crippen LogP contribution >= 0.6 is 0 Å². The number of carbonyl (C=O) groups is 1. The van der Waals surface area contributed by atoms with Gasteiger partial charge in [-0.3, -0.25) is 4.79 Å². The molecule has 0 N–H and O–H groups in total. The zero-order valence-electron chi connectivity index (χ0n) is 12.3. The van der Waals surface area contributed by atoms with Crippen LogP contribution in [0.15, 0.2) is 24.3 Å². The lowest BCUT2D eigenvalue weighted by Crippen LogP contribution is -2.23. The van der Waals surface area contributed by atoms with Gasteiger partial charge in [0.25, 0.3) is 5.85 Å². The predicted octanol–water partition coefficient (Wildman–Crippen LogP) is 4.29. The van der Waals surface area contributed by atoms with Gasteiger partial charge >= 0.3 is 0 Å². The van der Waals surface area contributed by atoms with Crippen molar-refractivity contribution in [3.63, 3.8) is 0 Å². The largest absolute Gasteiger partial charge is 0.331 e. The van der Waals surface area contributed by atoms with Crippen molar-refractivity contribution in [2.24, 2.45) is 0 Å². The van der Waals surface area contributed by atoms with Gasteiger partial charge in [0, 0.05) is 18.4 Å². The monoisotopic (exact) mass is 276 g/mol. The Hall–Kier alpha value is -1.66. The number of Topliss-reactive ketones (excluding diaryl/α,β-unsaturated/α-hetero) is 1. The first-order valence-electron chi connectivity index (χ1n) is 6.93. The van der Waals surface area contributed by atoms with Crippen LogP contribution in [0.2, 0.25) is 0 Å². The van der Waals surface area contributed by atoms with Crippen LogP contribution in [0.3, 0.4) is 0 Å². The van der Waals surface area contributed by atoms with Crippen molar-refractivity contribution in [2.75, 3.05) is 0 Å². The lowest BCUT2D eigenvalue weighted by molar-refractivity contribution is -0.110. The van der Waals surface area contributed by atoms with E-state index in [1.165, 1.54) is 6.92 Å². The summed E-state index contributed by atoms with van der Waals surface area (Å²) in [4.78, 5) is 11.2. The maximum Gasteiger partial charge on any atom is 0.272 e. The number of carbonyl (C=O) groups excluding carboxylic acids is 1. The molecule has 3 heteroatoms. The first kappa shape index (κ1) is 16.4. The van der Waals surface area contributed by atoms with Crippen LogP contribution < -0.4 is 0 Å². The molecule has 0 spiro atoms. The Morgan fingerprint density at radius 3 is 2.45 bits per heavy atom. The van der Waals surface area contributed by atoms with Gasteiger partial charge in [0.1, 0.15) is 0 Å². The van der Waals surface area contributed by atoms with Gasteiger partial charge in [-0.2, -0.15) is 4.39 Å². The highest BCUT2D eigenvalue weighted by Crippen LogP contribution is 2.19.